The van der Waals surface area contributed by atoms with E-state index < -0.39 is 0 Å². The van der Waals surface area contributed by atoms with Gasteiger partial charge >= 0.3 is 0 Å². The number of benzene rings is 1. The third-order valence-electron chi connectivity index (χ3n) is 4.84. The fourth-order valence-corrected chi connectivity index (χ4v) is 3.26. The van der Waals surface area contributed by atoms with Crippen molar-refractivity contribution in [2.24, 2.45) is 5.92 Å². The van der Waals surface area contributed by atoms with E-state index in [1.54, 1.807) is 29.2 Å². The number of nitrogens with one attached hydrogen (secondary N) is 2. The van der Waals surface area contributed by atoms with Gasteiger partial charge in [0, 0.05) is 37.8 Å². The van der Waals surface area contributed by atoms with Crippen molar-refractivity contribution in [1.29, 1.82) is 0 Å². The Labute approximate surface area is 161 Å². The molecular formula is C20H30N4O3. The van der Waals surface area contributed by atoms with E-state index in [1.165, 1.54) is 6.92 Å². The van der Waals surface area contributed by atoms with Gasteiger partial charge in [-0.05, 0) is 50.3 Å². The standard InChI is InChI=1S/C20H30N4O3/c1-4-23(5-2)12-6-11-21-20(27)16-13-19(26)24(14-16)18-9-7-17(8-10-18)22-15(3)25/h7-10,16H,4-6,11-14H2,1-3H3,(H,21,27)(H,22,25). The molecule has 1 atom stereocenters. The van der Waals surface area contributed by atoms with Crippen LogP contribution < -0.4 is 15.5 Å². The molecule has 1 aliphatic heterocycles. The number of anilines is 2. The molecule has 148 valence electrons. The van der Waals surface area contributed by atoms with Gasteiger partial charge in [0.25, 0.3) is 0 Å². The van der Waals surface area contributed by atoms with Crippen molar-refractivity contribution in [3.05, 3.63) is 24.3 Å². The fourth-order valence-electron chi connectivity index (χ4n) is 3.26. The van der Waals surface area contributed by atoms with Gasteiger partial charge in [-0.25, -0.2) is 0 Å². The predicted octanol–water partition coefficient (Wildman–Crippen LogP) is 1.85. The average molecular weight is 374 g/mol. The summed E-state index contributed by atoms with van der Waals surface area (Å²) in [4.78, 5) is 39.7. The second-order valence-corrected chi connectivity index (χ2v) is 6.80. The number of carbonyl (C=O) groups excluding carboxylic acids is 3. The fraction of sp³-hybridized carbons (Fsp3) is 0.550. The highest BCUT2D eigenvalue weighted by Crippen LogP contribution is 2.26. The molecule has 1 heterocycles. The van der Waals surface area contributed by atoms with Gasteiger partial charge in [0.1, 0.15) is 0 Å². The Morgan fingerprint density at radius 2 is 1.85 bits per heavy atom. The van der Waals surface area contributed by atoms with E-state index in [0.717, 1.165) is 31.7 Å². The summed E-state index contributed by atoms with van der Waals surface area (Å²) in [6.07, 6.45) is 1.14. The van der Waals surface area contributed by atoms with E-state index in [1.807, 2.05) is 0 Å². The molecule has 2 rings (SSSR count). The lowest BCUT2D eigenvalue weighted by molar-refractivity contribution is -0.126. The summed E-state index contributed by atoms with van der Waals surface area (Å²) >= 11 is 0. The van der Waals surface area contributed by atoms with Crippen LogP contribution in [0.4, 0.5) is 11.4 Å². The van der Waals surface area contributed by atoms with Crippen LogP contribution >= 0.6 is 0 Å². The van der Waals surface area contributed by atoms with Crippen LogP contribution in [0.15, 0.2) is 24.3 Å². The average Bonchev–Trinajstić information content (AvgIpc) is 3.04. The van der Waals surface area contributed by atoms with Gasteiger partial charge in [-0.2, -0.15) is 0 Å². The van der Waals surface area contributed by atoms with E-state index in [9.17, 15) is 14.4 Å². The van der Waals surface area contributed by atoms with E-state index in [0.29, 0.717) is 18.8 Å². The van der Waals surface area contributed by atoms with Crippen LogP contribution in [-0.4, -0.2) is 55.3 Å². The topological polar surface area (TPSA) is 81.8 Å². The Hall–Kier alpha value is -2.41. The zero-order chi connectivity index (χ0) is 19.8. The molecule has 1 aliphatic rings. The van der Waals surface area contributed by atoms with Crippen LogP contribution in [0.25, 0.3) is 0 Å². The molecule has 0 aromatic heterocycles. The zero-order valence-corrected chi connectivity index (χ0v) is 16.5. The van der Waals surface area contributed by atoms with Crippen molar-refractivity contribution in [3.63, 3.8) is 0 Å². The number of hydrogen-bond acceptors (Lipinski definition) is 4. The van der Waals surface area contributed by atoms with Gasteiger partial charge in [-0.3, -0.25) is 14.4 Å². The lowest BCUT2D eigenvalue weighted by Crippen LogP contribution is -2.35. The molecule has 0 saturated carbocycles. The summed E-state index contributed by atoms with van der Waals surface area (Å²) in [6.45, 7) is 9.71. The van der Waals surface area contributed by atoms with E-state index >= 15 is 0 Å². The Balaban J connectivity index is 1.83. The maximum Gasteiger partial charge on any atom is 0.227 e. The quantitative estimate of drug-likeness (QED) is 0.646. The highest BCUT2D eigenvalue weighted by Gasteiger charge is 2.34. The van der Waals surface area contributed by atoms with Crippen molar-refractivity contribution in [2.45, 2.75) is 33.6 Å². The number of rotatable bonds is 9. The summed E-state index contributed by atoms with van der Waals surface area (Å²) in [5, 5.41) is 5.66. The van der Waals surface area contributed by atoms with Crippen molar-refractivity contribution < 1.29 is 14.4 Å². The third-order valence-corrected chi connectivity index (χ3v) is 4.84. The Morgan fingerprint density at radius 3 is 2.44 bits per heavy atom. The number of amides is 3. The predicted molar refractivity (Wildman–Crippen MR) is 107 cm³/mol. The number of carbonyl (C=O) groups is 3. The van der Waals surface area contributed by atoms with E-state index in [2.05, 4.69) is 29.4 Å². The molecule has 27 heavy (non-hydrogen) atoms. The maximum atomic E-state index is 12.4. The third kappa shape index (κ3) is 6.06. The first-order chi connectivity index (χ1) is 12.9. The van der Waals surface area contributed by atoms with Crippen LogP contribution in [0.1, 0.15) is 33.6 Å². The largest absolute Gasteiger partial charge is 0.356 e. The van der Waals surface area contributed by atoms with Crippen LogP contribution in [0.3, 0.4) is 0 Å². The summed E-state index contributed by atoms with van der Waals surface area (Å²) in [5.74, 6) is -0.565. The maximum absolute atomic E-state index is 12.4. The molecule has 0 radical (unpaired) electrons. The molecule has 0 spiro atoms. The van der Waals surface area contributed by atoms with E-state index in [-0.39, 0.29) is 30.1 Å². The minimum Gasteiger partial charge on any atom is -0.356 e. The molecule has 1 aromatic rings. The minimum atomic E-state index is -0.319. The normalized spacial score (nSPS) is 16.7. The van der Waals surface area contributed by atoms with Gasteiger partial charge in [-0.1, -0.05) is 13.8 Å². The smallest absolute Gasteiger partial charge is 0.227 e. The number of hydrogen-bond donors (Lipinski definition) is 2. The summed E-state index contributed by atoms with van der Waals surface area (Å²) in [6, 6.07) is 7.08. The molecule has 7 heteroatoms. The lowest BCUT2D eigenvalue weighted by atomic mass is 10.1. The molecule has 1 fully saturated rings. The van der Waals surface area contributed by atoms with Gasteiger partial charge in [0.2, 0.25) is 17.7 Å². The van der Waals surface area contributed by atoms with Crippen LogP contribution in [0.2, 0.25) is 0 Å². The molecule has 3 amide bonds. The van der Waals surface area contributed by atoms with Crippen molar-refractivity contribution in [2.75, 3.05) is 42.9 Å². The van der Waals surface area contributed by atoms with Crippen LogP contribution in [0, 0.1) is 5.92 Å². The summed E-state index contributed by atoms with van der Waals surface area (Å²) in [7, 11) is 0. The van der Waals surface area contributed by atoms with Gasteiger partial charge in [0.05, 0.1) is 5.92 Å². The first kappa shape index (κ1) is 20.9. The zero-order valence-electron chi connectivity index (χ0n) is 16.5. The monoisotopic (exact) mass is 374 g/mol. The van der Waals surface area contributed by atoms with Crippen molar-refractivity contribution in [1.82, 2.24) is 10.2 Å². The van der Waals surface area contributed by atoms with Crippen molar-refractivity contribution in [3.8, 4) is 0 Å². The molecule has 0 bridgehead atoms. The highest BCUT2D eigenvalue weighted by molar-refractivity contribution is 6.00. The van der Waals surface area contributed by atoms with Gasteiger partial charge in [0.15, 0.2) is 0 Å². The lowest BCUT2D eigenvalue weighted by Gasteiger charge is -2.19. The first-order valence-electron chi connectivity index (χ1n) is 9.62. The van der Waals surface area contributed by atoms with Gasteiger partial charge < -0.3 is 20.4 Å². The molecule has 1 aromatic carbocycles. The molecule has 2 N–H and O–H groups in total. The summed E-state index contributed by atoms with van der Waals surface area (Å²) < 4.78 is 0. The van der Waals surface area contributed by atoms with Crippen molar-refractivity contribution >= 4 is 29.1 Å². The van der Waals surface area contributed by atoms with Gasteiger partial charge in [-0.15, -0.1) is 0 Å². The molecule has 0 aliphatic carbocycles. The second kappa shape index (κ2) is 10.1. The summed E-state index contributed by atoms with van der Waals surface area (Å²) in [5.41, 5.74) is 1.42. The highest BCUT2D eigenvalue weighted by atomic mass is 16.2. The molecule has 1 unspecified atom stereocenters. The Kier molecular flexibility index (Phi) is 7.79. The molecular weight excluding hydrogens is 344 g/mol. The Bertz CT molecular complexity index is 656. The number of nitrogens with zero attached hydrogens (tertiary/aromatic N) is 2. The van der Waals surface area contributed by atoms with Crippen LogP contribution in [0.5, 0.6) is 0 Å². The first-order valence-corrected chi connectivity index (χ1v) is 9.62. The van der Waals surface area contributed by atoms with Crippen LogP contribution in [-0.2, 0) is 14.4 Å². The SMILES string of the molecule is CCN(CC)CCCNC(=O)C1CC(=O)N(c2ccc(NC(C)=O)cc2)C1. The van der Waals surface area contributed by atoms with E-state index in [4.69, 9.17) is 0 Å². The minimum absolute atomic E-state index is 0.0504. The Morgan fingerprint density at radius 1 is 1.19 bits per heavy atom. The molecule has 1 saturated heterocycles. The molecule has 7 nitrogen and oxygen atoms in total. The second-order valence-electron chi connectivity index (χ2n) is 6.80.